The SMILES string of the molecule is O=C(N[C@@H](Cc1ccc(O)cc1)C(=O)O)[C@H]1CC[C@@H](S(=O)(=O)O)C1. The topological polar surface area (TPSA) is 141 Å². The zero-order valence-electron chi connectivity index (χ0n) is 12.8. The van der Waals surface area contributed by atoms with Gasteiger partial charge in [0, 0.05) is 12.3 Å². The van der Waals surface area contributed by atoms with E-state index in [4.69, 9.17) is 4.55 Å². The average molecular weight is 357 g/mol. The van der Waals surface area contributed by atoms with Crippen LogP contribution in [0, 0.1) is 5.92 Å². The summed E-state index contributed by atoms with van der Waals surface area (Å²) in [6.45, 7) is 0. The molecule has 0 aromatic heterocycles. The summed E-state index contributed by atoms with van der Waals surface area (Å²) < 4.78 is 31.3. The number of aliphatic carboxylic acids is 1. The Labute approximate surface area is 139 Å². The molecule has 0 spiro atoms. The van der Waals surface area contributed by atoms with E-state index in [1.807, 2.05) is 0 Å². The molecule has 132 valence electrons. The maximum Gasteiger partial charge on any atom is 0.326 e. The normalized spacial score (nSPS) is 22.0. The highest BCUT2D eigenvalue weighted by atomic mass is 32.2. The Morgan fingerprint density at radius 1 is 1.21 bits per heavy atom. The van der Waals surface area contributed by atoms with E-state index >= 15 is 0 Å². The lowest BCUT2D eigenvalue weighted by atomic mass is 10.0. The molecule has 1 aromatic rings. The fourth-order valence-corrected chi connectivity index (χ4v) is 3.72. The van der Waals surface area contributed by atoms with Crippen molar-refractivity contribution in [3.63, 3.8) is 0 Å². The van der Waals surface area contributed by atoms with Gasteiger partial charge in [0.25, 0.3) is 10.1 Å². The van der Waals surface area contributed by atoms with Gasteiger partial charge in [0.15, 0.2) is 0 Å². The second kappa shape index (κ2) is 7.18. The van der Waals surface area contributed by atoms with Crippen molar-refractivity contribution in [1.29, 1.82) is 0 Å². The molecule has 1 aliphatic carbocycles. The van der Waals surface area contributed by atoms with Crippen LogP contribution in [0.1, 0.15) is 24.8 Å². The summed E-state index contributed by atoms with van der Waals surface area (Å²) in [5.41, 5.74) is 0.628. The minimum atomic E-state index is -4.19. The van der Waals surface area contributed by atoms with Crippen molar-refractivity contribution in [3.8, 4) is 5.75 Å². The van der Waals surface area contributed by atoms with Crippen molar-refractivity contribution in [2.45, 2.75) is 37.0 Å². The summed E-state index contributed by atoms with van der Waals surface area (Å²) in [6, 6.07) is 4.79. The van der Waals surface area contributed by atoms with E-state index in [0.717, 1.165) is 0 Å². The summed E-state index contributed by atoms with van der Waals surface area (Å²) in [5.74, 6) is -2.33. The summed E-state index contributed by atoms with van der Waals surface area (Å²) in [4.78, 5) is 23.5. The molecule has 0 heterocycles. The molecule has 0 aliphatic heterocycles. The van der Waals surface area contributed by atoms with Gasteiger partial charge in [-0.2, -0.15) is 8.42 Å². The number of carboxylic acids is 1. The molecule has 3 atom stereocenters. The number of hydrogen-bond acceptors (Lipinski definition) is 5. The third-order valence-corrected chi connectivity index (χ3v) is 5.44. The number of nitrogens with one attached hydrogen (secondary N) is 1. The highest BCUT2D eigenvalue weighted by Crippen LogP contribution is 2.30. The van der Waals surface area contributed by atoms with E-state index in [1.54, 1.807) is 12.1 Å². The van der Waals surface area contributed by atoms with Crippen LogP contribution in [0.2, 0.25) is 0 Å². The largest absolute Gasteiger partial charge is 0.508 e. The molecule has 0 radical (unpaired) electrons. The summed E-state index contributed by atoms with van der Waals surface area (Å²) in [5, 5.41) is 19.9. The van der Waals surface area contributed by atoms with Crippen molar-refractivity contribution >= 4 is 22.0 Å². The van der Waals surface area contributed by atoms with Crippen LogP contribution in [0.4, 0.5) is 0 Å². The molecule has 0 unspecified atom stereocenters. The first-order chi connectivity index (χ1) is 11.2. The predicted molar refractivity (Wildman–Crippen MR) is 84.1 cm³/mol. The number of phenols is 1. The standard InChI is InChI=1S/C15H19NO7S/c17-11-4-1-9(2-5-11)7-13(15(19)20)16-14(18)10-3-6-12(8-10)24(21,22)23/h1-2,4-5,10,12-13,17H,3,6-8H2,(H,16,18)(H,19,20)(H,21,22,23)/t10-,12+,13-/m0/s1. The Kier molecular flexibility index (Phi) is 5.45. The van der Waals surface area contributed by atoms with Gasteiger partial charge in [0.1, 0.15) is 11.8 Å². The first-order valence-electron chi connectivity index (χ1n) is 7.44. The number of carbonyl (C=O) groups excluding carboxylic acids is 1. The van der Waals surface area contributed by atoms with E-state index in [-0.39, 0.29) is 31.4 Å². The van der Waals surface area contributed by atoms with Crippen LogP contribution in [0.3, 0.4) is 0 Å². The first-order valence-corrected chi connectivity index (χ1v) is 8.94. The summed E-state index contributed by atoms with van der Waals surface area (Å²) in [7, 11) is -4.19. The van der Waals surface area contributed by atoms with Crippen LogP contribution in [-0.4, -0.2) is 46.4 Å². The lowest BCUT2D eigenvalue weighted by molar-refractivity contribution is -0.142. The smallest absolute Gasteiger partial charge is 0.326 e. The maximum atomic E-state index is 12.2. The molecule has 8 nitrogen and oxygen atoms in total. The van der Waals surface area contributed by atoms with E-state index in [2.05, 4.69) is 5.32 Å². The second-order valence-corrected chi connectivity index (χ2v) is 7.61. The zero-order chi connectivity index (χ0) is 17.9. The number of rotatable bonds is 6. The molecule has 0 bridgehead atoms. The minimum Gasteiger partial charge on any atom is -0.508 e. The van der Waals surface area contributed by atoms with Crippen LogP contribution in [0.25, 0.3) is 0 Å². The molecule has 9 heteroatoms. The fraction of sp³-hybridized carbons (Fsp3) is 0.467. The monoisotopic (exact) mass is 357 g/mol. The molecule has 1 aromatic carbocycles. The zero-order valence-corrected chi connectivity index (χ0v) is 13.6. The Bertz CT molecular complexity index is 714. The van der Waals surface area contributed by atoms with Crippen LogP contribution in [-0.2, 0) is 26.1 Å². The van der Waals surface area contributed by atoms with Crippen LogP contribution in [0.5, 0.6) is 5.75 Å². The predicted octanol–water partition coefficient (Wildman–Crippen LogP) is 0.561. The Morgan fingerprint density at radius 3 is 2.33 bits per heavy atom. The minimum absolute atomic E-state index is 0.0176. The van der Waals surface area contributed by atoms with Crippen LogP contribution in [0.15, 0.2) is 24.3 Å². The lowest BCUT2D eigenvalue weighted by Crippen LogP contribution is -2.44. The molecule has 1 amide bonds. The number of aromatic hydroxyl groups is 1. The van der Waals surface area contributed by atoms with E-state index in [9.17, 15) is 28.2 Å². The molecule has 4 N–H and O–H groups in total. The van der Waals surface area contributed by atoms with Gasteiger partial charge in [0.05, 0.1) is 5.25 Å². The number of amides is 1. The lowest BCUT2D eigenvalue weighted by Gasteiger charge is -2.17. The Balaban J connectivity index is 1.99. The molecular formula is C15H19NO7S. The number of carboxylic acid groups (broad SMARTS) is 1. The van der Waals surface area contributed by atoms with Crippen molar-refractivity contribution < 1.29 is 32.8 Å². The van der Waals surface area contributed by atoms with E-state index in [0.29, 0.717) is 5.56 Å². The molecule has 1 saturated carbocycles. The van der Waals surface area contributed by atoms with Gasteiger partial charge in [-0.05, 0) is 37.0 Å². The molecule has 2 rings (SSSR count). The first kappa shape index (κ1) is 18.2. The van der Waals surface area contributed by atoms with Gasteiger partial charge in [-0.3, -0.25) is 9.35 Å². The second-order valence-electron chi connectivity index (χ2n) is 5.92. The van der Waals surface area contributed by atoms with Crippen LogP contribution >= 0.6 is 0 Å². The Morgan fingerprint density at radius 2 is 1.83 bits per heavy atom. The highest BCUT2D eigenvalue weighted by molar-refractivity contribution is 7.86. The van der Waals surface area contributed by atoms with Gasteiger partial charge in [0.2, 0.25) is 5.91 Å². The van der Waals surface area contributed by atoms with E-state index in [1.165, 1.54) is 12.1 Å². The summed E-state index contributed by atoms with van der Waals surface area (Å²) >= 11 is 0. The molecule has 1 aliphatic rings. The number of benzene rings is 1. The van der Waals surface area contributed by atoms with Gasteiger partial charge in [-0.25, -0.2) is 4.79 Å². The van der Waals surface area contributed by atoms with Crippen molar-refractivity contribution in [2.24, 2.45) is 5.92 Å². The van der Waals surface area contributed by atoms with Crippen molar-refractivity contribution in [3.05, 3.63) is 29.8 Å². The molecule has 24 heavy (non-hydrogen) atoms. The van der Waals surface area contributed by atoms with Crippen molar-refractivity contribution in [2.75, 3.05) is 0 Å². The quantitative estimate of drug-likeness (QED) is 0.545. The summed E-state index contributed by atoms with van der Waals surface area (Å²) in [6.07, 6.45) is 0.473. The van der Waals surface area contributed by atoms with Gasteiger partial charge in [-0.1, -0.05) is 12.1 Å². The maximum absolute atomic E-state index is 12.2. The number of hydrogen-bond donors (Lipinski definition) is 4. The fourth-order valence-electron chi connectivity index (χ4n) is 2.81. The van der Waals surface area contributed by atoms with Gasteiger partial charge < -0.3 is 15.5 Å². The number of carbonyl (C=O) groups is 2. The third-order valence-electron chi connectivity index (χ3n) is 4.17. The highest BCUT2D eigenvalue weighted by Gasteiger charge is 2.37. The molecule has 0 saturated heterocycles. The number of phenolic OH excluding ortho intramolecular Hbond substituents is 1. The average Bonchev–Trinajstić information content (AvgIpc) is 2.98. The third kappa shape index (κ3) is 4.68. The van der Waals surface area contributed by atoms with Gasteiger partial charge in [-0.15, -0.1) is 0 Å². The van der Waals surface area contributed by atoms with Crippen LogP contribution < -0.4 is 5.32 Å². The molecular weight excluding hydrogens is 338 g/mol. The van der Waals surface area contributed by atoms with E-state index < -0.39 is 39.2 Å². The van der Waals surface area contributed by atoms with Gasteiger partial charge >= 0.3 is 5.97 Å². The Hall–Kier alpha value is -2.13. The molecule has 1 fully saturated rings. The van der Waals surface area contributed by atoms with Crippen molar-refractivity contribution in [1.82, 2.24) is 5.32 Å².